The number of anilines is 2. The minimum Gasteiger partial charge on any atom is -0.493 e. The molecular weight excluding hydrogens is 318 g/mol. The van der Waals surface area contributed by atoms with Crippen molar-refractivity contribution in [1.29, 1.82) is 0 Å². The number of nitrogens with zero attached hydrogens (tertiary/aromatic N) is 3. The van der Waals surface area contributed by atoms with Crippen LogP contribution in [0.4, 0.5) is 11.6 Å². The first-order chi connectivity index (χ1) is 12.0. The molecule has 2 aromatic heterocycles. The first-order valence-corrected chi connectivity index (χ1v) is 7.86. The zero-order valence-electron chi connectivity index (χ0n) is 14.8. The molecule has 0 aliphatic carbocycles. The Morgan fingerprint density at radius 2 is 1.76 bits per heavy atom. The molecule has 0 saturated heterocycles. The van der Waals surface area contributed by atoms with Crippen LogP contribution in [0.5, 0.6) is 11.5 Å². The van der Waals surface area contributed by atoms with E-state index in [-0.39, 0.29) is 0 Å². The number of aryl methyl sites for hydroxylation is 2. The summed E-state index contributed by atoms with van der Waals surface area (Å²) in [4.78, 5) is 13.0. The lowest BCUT2D eigenvalue weighted by molar-refractivity contribution is 0.356. The number of benzene rings is 1. The van der Waals surface area contributed by atoms with Gasteiger partial charge in [0.2, 0.25) is 0 Å². The van der Waals surface area contributed by atoms with Gasteiger partial charge in [-0.2, -0.15) is 0 Å². The molecule has 0 amide bonds. The molecule has 7 nitrogen and oxygen atoms in total. The topological polar surface area (TPSA) is 95.2 Å². The maximum Gasteiger partial charge on any atom is 0.162 e. The van der Waals surface area contributed by atoms with Crippen LogP contribution in [0.1, 0.15) is 16.8 Å². The zero-order valence-corrected chi connectivity index (χ0v) is 14.8. The van der Waals surface area contributed by atoms with Crippen molar-refractivity contribution in [2.75, 3.05) is 25.3 Å². The number of fused-ring (bicyclic) bond motifs is 1. The largest absolute Gasteiger partial charge is 0.493 e. The fourth-order valence-corrected chi connectivity index (χ4v) is 2.85. The number of nitrogens with one attached hydrogen (secondary N) is 1. The summed E-state index contributed by atoms with van der Waals surface area (Å²) < 4.78 is 10.7. The molecule has 130 valence electrons. The summed E-state index contributed by atoms with van der Waals surface area (Å²) in [7, 11) is 3.21. The fourth-order valence-electron chi connectivity index (χ4n) is 2.85. The van der Waals surface area contributed by atoms with Crippen molar-refractivity contribution in [2.45, 2.75) is 20.4 Å². The molecule has 0 saturated carbocycles. The highest BCUT2D eigenvalue weighted by molar-refractivity contribution is 5.91. The molecule has 0 aliphatic heterocycles. The number of ether oxygens (including phenoxy) is 2. The van der Waals surface area contributed by atoms with Crippen molar-refractivity contribution < 1.29 is 9.47 Å². The quantitative estimate of drug-likeness (QED) is 0.738. The van der Waals surface area contributed by atoms with Gasteiger partial charge < -0.3 is 20.5 Å². The molecule has 0 aliphatic rings. The highest BCUT2D eigenvalue weighted by atomic mass is 16.5. The van der Waals surface area contributed by atoms with Gasteiger partial charge in [-0.3, -0.25) is 0 Å². The summed E-state index contributed by atoms with van der Waals surface area (Å²) >= 11 is 0. The minimum atomic E-state index is 0.531. The second kappa shape index (κ2) is 6.80. The molecule has 3 aromatic rings. The minimum absolute atomic E-state index is 0.531. The van der Waals surface area contributed by atoms with Crippen LogP contribution in [0, 0.1) is 13.8 Å². The van der Waals surface area contributed by atoms with Crippen molar-refractivity contribution in [2.24, 2.45) is 0 Å². The van der Waals surface area contributed by atoms with E-state index in [1.807, 2.05) is 32.0 Å². The van der Waals surface area contributed by atoms with Crippen LogP contribution in [-0.4, -0.2) is 29.2 Å². The average Bonchev–Trinajstić information content (AvgIpc) is 2.59. The number of aromatic nitrogens is 3. The number of hydrogen-bond acceptors (Lipinski definition) is 7. The van der Waals surface area contributed by atoms with E-state index in [0.29, 0.717) is 23.9 Å². The Labute approximate surface area is 146 Å². The van der Waals surface area contributed by atoms with Crippen LogP contribution < -0.4 is 20.5 Å². The van der Waals surface area contributed by atoms with Crippen molar-refractivity contribution in [3.05, 3.63) is 41.3 Å². The van der Waals surface area contributed by atoms with Crippen LogP contribution in [0.2, 0.25) is 0 Å². The SMILES string of the molecule is COc1cc2ncnc(NCc3c(C)cc(N)nc3C)c2cc1OC. The fraction of sp³-hybridized carbons (Fsp3) is 0.278. The molecule has 0 bridgehead atoms. The maximum absolute atomic E-state index is 5.79. The number of methoxy groups -OCH3 is 2. The third-order valence-electron chi connectivity index (χ3n) is 4.15. The Balaban J connectivity index is 1.97. The second-order valence-corrected chi connectivity index (χ2v) is 5.73. The molecule has 2 heterocycles. The van der Waals surface area contributed by atoms with E-state index in [1.165, 1.54) is 6.33 Å². The third-order valence-corrected chi connectivity index (χ3v) is 4.15. The summed E-state index contributed by atoms with van der Waals surface area (Å²) in [5, 5.41) is 4.23. The van der Waals surface area contributed by atoms with Gasteiger partial charge in [-0.1, -0.05) is 0 Å². The molecule has 0 unspecified atom stereocenters. The molecule has 0 radical (unpaired) electrons. The molecule has 0 atom stereocenters. The standard InChI is InChI=1S/C18H21N5O2/c1-10-5-17(19)23-11(2)13(10)8-20-18-12-6-15(24-3)16(25-4)7-14(12)21-9-22-18/h5-7,9H,8H2,1-4H3,(H2,19,23)(H,20,21,22). The van der Waals surface area contributed by atoms with Gasteiger partial charge in [-0.25, -0.2) is 15.0 Å². The van der Waals surface area contributed by atoms with E-state index in [9.17, 15) is 0 Å². The third kappa shape index (κ3) is 3.26. The Morgan fingerprint density at radius 1 is 1.04 bits per heavy atom. The lowest BCUT2D eigenvalue weighted by Gasteiger charge is -2.14. The van der Waals surface area contributed by atoms with Crippen molar-refractivity contribution in [1.82, 2.24) is 15.0 Å². The smallest absolute Gasteiger partial charge is 0.162 e. The normalized spacial score (nSPS) is 10.7. The van der Waals surface area contributed by atoms with E-state index in [4.69, 9.17) is 15.2 Å². The molecule has 3 N–H and O–H groups in total. The van der Waals surface area contributed by atoms with E-state index >= 15 is 0 Å². The van der Waals surface area contributed by atoms with Gasteiger partial charge in [0.25, 0.3) is 0 Å². The van der Waals surface area contributed by atoms with E-state index in [0.717, 1.165) is 33.5 Å². The lowest BCUT2D eigenvalue weighted by atomic mass is 10.1. The molecule has 0 fully saturated rings. The van der Waals surface area contributed by atoms with Crippen molar-refractivity contribution >= 4 is 22.5 Å². The van der Waals surface area contributed by atoms with Gasteiger partial charge >= 0.3 is 0 Å². The summed E-state index contributed by atoms with van der Waals surface area (Å²) in [6, 6.07) is 5.58. The number of pyridine rings is 1. The number of nitrogens with two attached hydrogens (primary N) is 1. The first kappa shape index (κ1) is 16.8. The monoisotopic (exact) mass is 339 g/mol. The van der Waals surface area contributed by atoms with E-state index in [1.54, 1.807) is 14.2 Å². The van der Waals surface area contributed by atoms with Gasteiger partial charge in [-0.05, 0) is 37.1 Å². The predicted octanol–water partition coefficient (Wildman–Crippen LogP) is 2.85. The Kier molecular flexibility index (Phi) is 4.56. The summed E-state index contributed by atoms with van der Waals surface area (Å²) in [5.41, 5.74) is 9.66. The van der Waals surface area contributed by atoms with Crippen LogP contribution in [-0.2, 0) is 6.54 Å². The zero-order chi connectivity index (χ0) is 18.0. The molecular formula is C18H21N5O2. The van der Waals surface area contributed by atoms with Crippen LogP contribution >= 0.6 is 0 Å². The highest BCUT2D eigenvalue weighted by Gasteiger charge is 2.12. The predicted molar refractivity (Wildman–Crippen MR) is 98.1 cm³/mol. The Hall–Kier alpha value is -3.09. The van der Waals surface area contributed by atoms with Gasteiger partial charge in [0.15, 0.2) is 11.5 Å². The molecule has 0 spiro atoms. The van der Waals surface area contributed by atoms with Crippen molar-refractivity contribution in [3.63, 3.8) is 0 Å². The molecule has 3 rings (SSSR count). The highest BCUT2D eigenvalue weighted by Crippen LogP contribution is 2.33. The first-order valence-electron chi connectivity index (χ1n) is 7.86. The van der Waals surface area contributed by atoms with Crippen LogP contribution in [0.3, 0.4) is 0 Å². The molecule has 1 aromatic carbocycles. The van der Waals surface area contributed by atoms with E-state index < -0.39 is 0 Å². The van der Waals surface area contributed by atoms with Crippen LogP contribution in [0.25, 0.3) is 10.9 Å². The van der Waals surface area contributed by atoms with Crippen molar-refractivity contribution in [3.8, 4) is 11.5 Å². The van der Waals surface area contributed by atoms with Gasteiger partial charge in [0.1, 0.15) is 18.0 Å². The Bertz CT molecular complexity index is 904. The van der Waals surface area contributed by atoms with E-state index in [2.05, 4.69) is 20.3 Å². The molecule has 25 heavy (non-hydrogen) atoms. The number of nitrogen functional groups attached to an aromatic ring is 1. The van der Waals surface area contributed by atoms with Crippen LogP contribution in [0.15, 0.2) is 24.5 Å². The molecule has 7 heteroatoms. The maximum atomic E-state index is 5.79. The average molecular weight is 339 g/mol. The van der Waals surface area contributed by atoms with Gasteiger partial charge in [0, 0.05) is 23.7 Å². The van der Waals surface area contributed by atoms with Gasteiger partial charge in [-0.15, -0.1) is 0 Å². The number of hydrogen-bond donors (Lipinski definition) is 2. The Morgan fingerprint density at radius 3 is 2.44 bits per heavy atom. The lowest BCUT2D eigenvalue weighted by Crippen LogP contribution is -2.08. The summed E-state index contributed by atoms with van der Waals surface area (Å²) in [6.07, 6.45) is 1.53. The summed E-state index contributed by atoms with van der Waals surface area (Å²) in [6.45, 7) is 4.56. The number of rotatable bonds is 5. The van der Waals surface area contributed by atoms with Gasteiger partial charge in [0.05, 0.1) is 19.7 Å². The second-order valence-electron chi connectivity index (χ2n) is 5.73. The summed E-state index contributed by atoms with van der Waals surface area (Å²) in [5.74, 6) is 2.52.